The summed E-state index contributed by atoms with van der Waals surface area (Å²) in [5.74, 6) is -0.857. The Bertz CT molecular complexity index is 487. The van der Waals surface area contributed by atoms with E-state index in [0.29, 0.717) is 6.54 Å². The molecule has 0 aliphatic heterocycles. The summed E-state index contributed by atoms with van der Waals surface area (Å²) < 4.78 is 4.57. The number of esters is 1. The Morgan fingerprint density at radius 3 is 2.62 bits per heavy atom. The van der Waals surface area contributed by atoms with E-state index in [1.54, 1.807) is 6.92 Å². The number of carbonyl (C=O) groups excluding carboxylic acids is 3. The van der Waals surface area contributed by atoms with Gasteiger partial charge in [0.2, 0.25) is 11.8 Å². The van der Waals surface area contributed by atoms with Gasteiger partial charge >= 0.3 is 5.97 Å². The van der Waals surface area contributed by atoms with Crippen LogP contribution in [-0.2, 0) is 19.1 Å². The van der Waals surface area contributed by atoms with Crippen LogP contribution in [0.3, 0.4) is 0 Å². The Hall–Kier alpha value is -1.89. The fraction of sp³-hybridized carbons (Fsp3) is 0.500. The molecule has 0 radical (unpaired) electrons. The molecule has 21 heavy (non-hydrogen) atoms. The molecule has 1 aromatic rings. The maximum absolute atomic E-state index is 12.3. The summed E-state index contributed by atoms with van der Waals surface area (Å²) in [6.45, 7) is 3.53. The number of hydrogen-bond donors (Lipinski definition) is 1. The van der Waals surface area contributed by atoms with Gasteiger partial charge in [-0.05, 0) is 18.4 Å². The van der Waals surface area contributed by atoms with Gasteiger partial charge in [0.05, 0.1) is 19.6 Å². The number of carbonyl (C=O) groups is 3. The van der Waals surface area contributed by atoms with Crippen molar-refractivity contribution in [1.29, 1.82) is 0 Å². The number of hydrogen-bond acceptors (Lipinski definition) is 5. The van der Waals surface area contributed by atoms with Crippen molar-refractivity contribution >= 4 is 29.1 Å². The molecule has 1 heterocycles. The molecule has 1 rings (SSSR count). The molecular formula is C14H20N2O4S. The molecule has 7 heteroatoms. The Kier molecular flexibility index (Phi) is 6.87. The fourth-order valence-corrected chi connectivity index (χ4v) is 2.64. The molecule has 0 fully saturated rings. The van der Waals surface area contributed by atoms with Crippen LogP contribution in [0, 0.1) is 0 Å². The van der Waals surface area contributed by atoms with E-state index in [4.69, 9.17) is 0 Å². The Morgan fingerprint density at radius 1 is 1.43 bits per heavy atom. The molecule has 1 N–H and O–H groups in total. The first kappa shape index (κ1) is 17.2. The molecule has 1 atom stereocenters. The predicted octanol–water partition coefficient (Wildman–Crippen LogP) is 1.34. The Balaban J connectivity index is 2.74. The predicted molar refractivity (Wildman–Crippen MR) is 79.8 cm³/mol. The average Bonchev–Trinajstić information content (AvgIpc) is 2.97. The van der Waals surface area contributed by atoms with Crippen LogP contribution in [0.5, 0.6) is 0 Å². The van der Waals surface area contributed by atoms with E-state index in [1.807, 2.05) is 17.5 Å². The lowest BCUT2D eigenvalue weighted by atomic mass is 10.1. The summed E-state index contributed by atoms with van der Waals surface area (Å²) in [6.07, 6.45) is 0.116. The van der Waals surface area contributed by atoms with Gasteiger partial charge in [0.25, 0.3) is 0 Å². The van der Waals surface area contributed by atoms with E-state index < -0.39 is 5.97 Å². The number of amides is 2. The summed E-state index contributed by atoms with van der Waals surface area (Å²) >= 11 is 1.48. The zero-order chi connectivity index (χ0) is 15.8. The molecule has 2 amide bonds. The first-order valence-corrected chi connectivity index (χ1v) is 7.51. The summed E-state index contributed by atoms with van der Waals surface area (Å²) in [7, 11) is 1.28. The number of likely N-dealkylation sites (N-methyl/N-ethyl adjacent to an activating group) is 1. The highest BCUT2D eigenvalue weighted by Gasteiger charge is 2.22. The quantitative estimate of drug-likeness (QED) is 0.771. The van der Waals surface area contributed by atoms with Gasteiger partial charge in [0, 0.05) is 18.3 Å². The minimum Gasteiger partial charge on any atom is -0.468 e. The normalized spacial score (nSPS) is 11.6. The number of rotatable bonds is 7. The van der Waals surface area contributed by atoms with Gasteiger partial charge < -0.3 is 15.0 Å². The van der Waals surface area contributed by atoms with E-state index in [1.165, 1.54) is 30.3 Å². The number of thiophene rings is 1. The lowest BCUT2D eigenvalue weighted by Gasteiger charge is -2.23. The van der Waals surface area contributed by atoms with Crippen LogP contribution >= 0.6 is 11.3 Å². The molecule has 0 aliphatic carbocycles. The smallest absolute Gasteiger partial charge is 0.325 e. The van der Waals surface area contributed by atoms with E-state index in [0.717, 1.165) is 4.88 Å². The Morgan fingerprint density at radius 2 is 2.14 bits per heavy atom. The molecule has 0 saturated heterocycles. The highest BCUT2D eigenvalue weighted by molar-refractivity contribution is 7.10. The molecule has 0 spiro atoms. The largest absolute Gasteiger partial charge is 0.468 e. The second-order valence-corrected chi connectivity index (χ2v) is 5.44. The van der Waals surface area contributed by atoms with Gasteiger partial charge in [-0.25, -0.2) is 0 Å². The molecule has 0 saturated carbocycles. The van der Waals surface area contributed by atoms with Crippen molar-refractivity contribution in [3.63, 3.8) is 0 Å². The van der Waals surface area contributed by atoms with Crippen molar-refractivity contribution in [1.82, 2.24) is 10.2 Å². The zero-order valence-corrected chi connectivity index (χ0v) is 13.2. The molecular weight excluding hydrogens is 292 g/mol. The third-order valence-corrected chi connectivity index (χ3v) is 3.91. The molecule has 1 unspecified atom stereocenters. The van der Waals surface area contributed by atoms with Gasteiger partial charge in [0.15, 0.2) is 0 Å². The third-order valence-electron chi connectivity index (χ3n) is 2.92. The molecule has 116 valence electrons. The summed E-state index contributed by atoms with van der Waals surface area (Å²) in [5, 5.41) is 4.66. The molecule has 0 aliphatic rings. The van der Waals surface area contributed by atoms with Crippen molar-refractivity contribution in [2.45, 2.75) is 26.3 Å². The van der Waals surface area contributed by atoms with E-state index in [9.17, 15) is 14.4 Å². The highest BCUT2D eigenvalue weighted by Crippen LogP contribution is 2.22. The number of nitrogens with one attached hydrogen (secondary N) is 1. The Labute approximate surface area is 128 Å². The highest BCUT2D eigenvalue weighted by atomic mass is 32.1. The van der Waals surface area contributed by atoms with Crippen LogP contribution in [0.25, 0.3) is 0 Å². The zero-order valence-electron chi connectivity index (χ0n) is 12.4. The van der Waals surface area contributed by atoms with Crippen LogP contribution in [0.2, 0.25) is 0 Å². The van der Waals surface area contributed by atoms with Crippen molar-refractivity contribution in [3.05, 3.63) is 22.4 Å². The molecule has 0 aromatic carbocycles. The second kappa shape index (κ2) is 8.41. The first-order chi connectivity index (χ1) is 9.97. The summed E-state index contributed by atoms with van der Waals surface area (Å²) in [5.41, 5.74) is 0. The van der Waals surface area contributed by atoms with Crippen molar-refractivity contribution in [3.8, 4) is 0 Å². The van der Waals surface area contributed by atoms with Gasteiger partial charge in [0.1, 0.15) is 6.54 Å². The van der Waals surface area contributed by atoms with Crippen molar-refractivity contribution in [2.24, 2.45) is 0 Å². The van der Waals surface area contributed by atoms with Crippen LogP contribution in [-0.4, -0.2) is 42.9 Å². The molecule has 6 nitrogen and oxygen atoms in total. The summed E-state index contributed by atoms with van der Waals surface area (Å²) in [6, 6.07) is 3.36. The van der Waals surface area contributed by atoms with Gasteiger partial charge in [-0.2, -0.15) is 0 Å². The monoisotopic (exact) mass is 312 g/mol. The summed E-state index contributed by atoms with van der Waals surface area (Å²) in [4.78, 5) is 37.2. The topological polar surface area (TPSA) is 75.7 Å². The second-order valence-electron chi connectivity index (χ2n) is 4.46. The number of nitrogens with zero attached hydrogens (tertiary/aromatic N) is 1. The maximum Gasteiger partial charge on any atom is 0.325 e. The lowest BCUT2D eigenvalue weighted by Crippen LogP contribution is -2.38. The van der Waals surface area contributed by atoms with Crippen molar-refractivity contribution < 1.29 is 19.1 Å². The average molecular weight is 312 g/mol. The maximum atomic E-state index is 12.3. The fourth-order valence-electron chi connectivity index (χ4n) is 1.86. The van der Waals surface area contributed by atoms with E-state index in [2.05, 4.69) is 10.1 Å². The minimum atomic E-state index is -0.461. The van der Waals surface area contributed by atoms with Crippen LogP contribution < -0.4 is 5.32 Å². The van der Waals surface area contributed by atoms with Crippen molar-refractivity contribution in [2.75, 3.05) is 20.2 Å². The van der Waals surface area contributed by atoms with Gasteiger partial charge in [-0.1, -0.05) is 6.07 Å². The number of methoxy groups -OCH3 is 1. The van der Waals surface area contributed by atoms with Crippen LogP contribution in [0.1, 0.15) is 31.2 Å². The van der Waals surface area contributed by atoms with Crippen LogP contribution in [0.15, 0.2) is 17.5 Å². The van der Waals surface area contributed by atoms with E-state index in [-0.39, 0.29) is 30.8 Å². The van der Waals surface area contributed by atoms with Gasteiger partial charge in [-0.15, -0.1) is 11.3 Å². The first-order valence-electron chi connectivity index (χ1n) is 6.63. The lowest BCUT2D eigenvalue weighted by molar-refractivity contribution is -0.147. The van der Waals surface area contributed by atoms with Crippen LogP contribution in [0.4, 0.5) is 0 Å². The van der Waals surface area contributed by atoms with E-state index >= 15 is 0 Å². The molecule has 0 bridgehead atoms. The molecule has 1 aromatic heterocycles. The minimum absolute atomic E-state index is 0.0803. The number of ether oxygens (including phenoxy) is 1. The van der Waals surface area contributed by atoms with Gasteiger partial charge in [-0.3, -0.25) is 14.4 Å². The standard InChI is InChI=1S/C14H20N2O4S/c1-4-16(9-14(19)20-3)13(18)8-11(15-10(2)17)12-6-5-7-21-12/h5-7,11H,4,8-9H2,1-3H3,(H,15,17). The SMILES string of the molecule is CCN(CC(=O)OC)C(=O)CC(NC(C)=O)c1cccs1. The third kappa shape index (κ3) is 5.55.